The molecule has 0 bridgehead atoms. The summed E-state index contributed by atoms with van der Waals surface area (Å²) in [7, 11) is 1.90. The quantitative estimate of drug-likeness (QED) is 0.444. The molecule has 34 heavy (non-hydrogen) atoms. The van der Waals surface area contributed by atoms with Gasteiger partial charge in [-0.2, -0.15) is 13.2 Å². The Morgan fingerprint density at radius 2 is 1.91 bits per heavy atom. The van der Waals surface area contributed by atoms with Crippen LogP contribution in [0.4, 0.5) is 30.2 Å². The maximum Gasteiger partial charge on any atom is 0.422 e. The first-order valence-electron chi connectivity index (χ1n) is 10.8. The Bertz CT molecular complexity index is 1170. The van der Waals surface area contributed by atoms with Gasteiger partial charge >= 0.3 is 12.1 Å². The van der Waals surface area contributed by atoms with Crippen LogP contribution in [0.5, 0.6) is 5.75 Å². The lowest BCUT2D eigenvalue weighted by Gasteiger charge is -2.21. The number of hydrogen-bond donors (Lipinski definition) is 2. The number of ether oxygens (including phenoxy) is 1. The Hall–Kier alpha value is -3.75. The molecule has 1 aromatic heterocycles. The third-order valence-electron chi connectivity index (χ3n) is 5.93. The number of carbonyl (C=O) groups is 1. The number of anilines is 3. The van der Waals surface area contributed by atoms with Crippen molar-refractivity contribution in [1.82, 2.24) is 4.98 Å². The molecular weight excluding hydrogens is 447 g/mol. The van der Waals surface area contributed by atoms with Gasteiger partial charge in [-0.15, -0.1) is 0 Å². The molecule has 1 atom stereocenters. The molecule has 1 aliphatic carbocycles. The summed E-state index contributed by atoms with van der Waals surface area (Å²) in [6.45, 7) is -0.713. The molecule has 0 saturated carbocycles. The number of rotatable bonds is 8. The van der Waals surface area contributed by atoms with Gasteiger partial charge in [0.2, 0.25) is 0 Å². The van der Waals surface area contributed by atoms with E-state index in [1.807, 2.05) is 18.0 Å². The summed E-state index contributed by atoms with van der Waals surface area (Å²) in [5.74, 6) is -0.580. The van der Waals surface area contributed by atoms with Crippen molar-refractivity contribution in [3.63, 3.8) is 0 Å². The van der Waals surface area contributed by atoms with E-state index in [1.165, 1.54) is 41.7 Å². The second-order valence-electron chi connectivity index (χ2n) is 8.18. The van der Waals surface area contributed by atoms with Crippen molar-refractivity contribution in [3.8, 4) is 5.75 Å². The molecule has 1 aliphatic rings. The molecule has 0 saturated heterocycles. The van der Waals surface area contributed by atoms with Crippen LogP contribution in [0.1, 0.15) is 33.8 Å². The van der Waals surface area contributed by atoms with Gasteiger partial charge < -0.3 is 20.1 Å². The van der Waals surface area contributed by atoms with Crippen LogP contribution in [-0.2, 0) is 6.42 Å². The Kier molecular flexibility index (Phi) is 6.63. The highest BCUT2D eigenvalue weighted by Crippen LogP contribution is 2.37. The van der Waals surface area contributed by atoms with Gasteiger partial charge in [0.25, 0.3) is 0 Å². The average Bonchev–Trinajstić information content (AvgIpc) is 3.23. The number of nitrogens with zero attached hydrogens (tertiary/aromatic N) is 2. The number of alkyl halides is 3. The number of benzene rings is 2. The zero-order chi connectivity index (χ0) is 24.3. The molecule has 0 amide bonds. The van der Waals surface area contributed by atoms with E-state index in [1.54, 1.807) is 12.1 Å². The lowest BCUT2D eigenvalue weighted by atomic mass is 10.0. The Labute approximate surface area is 195 Å². The van der Waals surface area contributed by atoms with Crippen molar-refractivity contribution < 1.29 is 27.8 Å². The second kappa shape index (κ2) is 9.62. The highest BCUT2D eigenvalue weighted by atomic mass is 19.4. The first-order chi connectivity index (χ1) is 16.2. The average molecular weight is 471 g/mol. The minimum Gasteiger partial charge on any atom is -0.484 e. The van der Waals surface area contributed by atoms with Gasteiger partial charge in [0.05, 0.1) is 17.4 Å². The highest BCUT2D eigenvalue weighted by molar-refractivity contribution is 5.93. The Balaban J connectivity index is 1.42. The molecule has 0 unspecified atom stereocenters. The summed E-state index contributed by atoms with van der Waals surface area (Å²) in [5, 5.41) is 12.6. The van der Waals surface area contributed by atoms with Gasteiger partial charge in [-0.3, -0.25) is 4.98 Å². The zero-order valence-electron chi connectivity index (χ0n) is 18.5. The summed E-state index contributed by atoms with van der Waals surface area (Å²) in [6.07, 6.45) is 0.469. The number of nitrogens with one attached hydrogen (secondary N) is 1. The van der Waals surface area contributed by atoms with Crippen molar-refractivity contribution in [2.45, 2.75) is 24.9 Å². The normalized spacial score (nSPS) is 15.0. The number of carboxylic acid groups (broad SMARTS) is 1. The molecule has 9 heteroatoms. The Morgan fingerprint density at radius 3 is 2.62 bits per heavy atom. The summed E-state index contributed by atoms with van der Waals surface area (Å²) in [6, 6.07) is 14.2. The molecule has 0 fully saturated rings. The maximum absolute atomic E-state index is 12.3. The van der Waals surface area contributed by atoms with Crippen LogP contribution in [0.15, 0.2) is 60.9 Å². The van der Waals surface area contributed by atoms with E-state index in [-0.39, 0.29) is 17.2 Å². The molecule has 6 nitrogen and oxygen atoms in total. The summed E-state index contributed by atoms with van der Waals surface area (Å²) < 4.78 is 41.8. The Morgan fingerprint density at radius 1 is 1.18 bits per heavy atom. The lowest BCUT2D eigenvalue weighted by Crippen LogP contribution is -2.19. The fourth-order valence-corrected chi connectivity index (χ4v) is 4.15. The minimum atomic E-state index is -4.37. The van der Waals surface area contributed by atoms with Gasteiger partial charge in [-0.25, -0.2) is 4.79 Å². The van der Waals surface area contributed by atoms with E-state index in [9.17, 15) is 23.1 Å². The van der Waals surface area contributed by atoms with Crippen LogP contribution >= 0.6 is 0 Å². The van der Waals surface area contributed by atoms with Gasteiger partial charge in [-0.1, -0.05) is 6.07 Å². The third kappa shape index (κ3) is 5.41. The predicted octanol–water partition coefficient (Wildman–Crippen LogP) is 5.63. The fourth-order valence-electron chi connectivity index (χ4n) is 4.15. The summed E-state index contributed by atoms with van der Waals surface area (Å²) >= 11 is 0. The van der Waals surface area contributed by atoms with Crippen molar-refractivity contribution >= 4 is 23.0 Å². The number of carboxylic acids is 1. The molecule has 1 heterocycles. The molecule has 0 aliphatic heterocycles. The number of fused-ring (bicyclic) bond motifs is 1. The van der Waals surface area contributed by atoms with Gasteiger partial charge in [0, 0.05) is 37.1 Å². The molecule has 2 N–H and O–H groups in total. The topological polar surface area (TPSA) is 74.7 Å². The maximum atomic E-state index is 12.3. The van der Waals surface area contributed by atoms with Crippen LogP contribution in [0.3, 0.4) is 0 Å². The van der Waals surface area contributed by atoms with Crippen molar-refractivity contribution in [2.24, 2.45) is 0 Å². The highest BCUT2D eigenvalue weighted by Gasteiger charge is 2.28. The van der Waals surface area contributed by atoms with Crippen LogP contribution < -0.4 is 15.0 Å². The van der Waals surface area contributed by atoms with Crippen molar-refractivity contribution in [1.29, 1.82) is 0 Å². The number of pyridine rings is 1. The zero-order valence-corrected chi connectivity index (χ0v) is 18.5. The van der Waals surface area contributed by atoms with Crippen molar-refractivity contribution in [2.75, 3.05) is 30.4 Å². The molecule has 3 aromatic rings. The second-order valence-corrected chi connectivity index (χ2v) is 8.18. The molecule has 0 radical (unpaired) electrons. The van der Waals surface area contributed by atoms with Crippen LogP contribution in [0.2, 0.25) is 0 Å². The van der Waals surface area contributed by atoms with E-state index >= 15 is 0 Å². The summed E-state index contributed by atoms with van der Waals surface area (Å²) in [5.41, 5.74) is 4.94. The van der Waals surface area contributed by atoms with E-state index in [0.29, 0.717) is 12.2 Å². The fraction of sp³-hybridized carbons (Fsp3) is 0.280. The SMILES string of the molecule is CN(c1ccc(OCC(F)(F)F)cc1)c1ccc2c(c1)CC[C@H]2CNc1cnccc1C(=O)O. The summed E-state index contributed by atoms with van der Waals surface area (Å²) in [4.78, 5) is 17.4. The number of hydrogen-bond acceptors (Lipinski definition) is 5. The van der Waals surface area contributed by atoms with Crippen molar-refractivity contribution in [3.05, 3.63) is 77.6 Å². The smallest absolute Gasteiger partial charge is 0.422 e. The molecular formula is C25H24F3N3O3. The number of halogens is 3. The molecule has 2 aromatic carbocycles. The molecule has 178 valence electrons. The lowest BCUT2D eigenvalue weighted by molar-refractivity contribution is -0.153. The first-order valence-corrected chi connectivity index (χ1v) is 10.8. The van der Waals surface area contributed by atoms with Crippen LogP contribution in [0.25, 0.3) is 0 Å². The largest absolute Gasteiger partial charge is 0.484 e. The van der Waals surface area contributed by atoms with Gasteiger partial charge in [-0.05, 0) is 66.4 Å². The van der Waals surface area contributed by atoms with Crippen LogP contribution in [0, 0.1) is 0 Å². The van der Waals surface area contributed by atoms with E-state index in [2.05, 4.69) is 22.4 Å². The molecule has 4 rings (SSSR count). The first kappa shape index (κ1) is 23.4. The number of aromatic carboxylic acids is 1. The third-order valence-corrected chi connectivity index (χ3v) is 5.93. The van der Waals surface area contributed by atoms with Gasteiger partial charge in [0.1, 0.15) is 5.75 Å². The predicted molar refractivity (Wildman–Crippen MR) is 123 cm³/mol. The number of aromatic nitrogens is 1. The van der Waals surface area contributed by atoms with E-state index in [4.69, 9.17) is 4.74 Å². The minimum absolute atomic E-state index is 0.165. The number of aryl methyl sites for hydroxylation is 1. The van der Waals surface area contributed by atoms with E-state index < -0.39 is 18.8 Å². The van der Waals surface area contributed by atoms with Gasteiger partial charge in [0.15, 0.2) is 6.61 Å². The van der Waals surface area contributed by atoms with E-state index in [0.717, 1.165) is 24.2 Å². The standard InChI is InChI=1S/C25H24F3N3O3/c1-31(18-4-7-20(8-5-18)34-15-25(26,27)28)19-6-9-21-16(12-19)2-3-17(21)13-30-23-14-29-11-10-22(23)24(32)33/h4-12,14,17,30H,2-3,13,15H2,1H3,(H,32,33)/t17-/m0/s1. The monoisotopic (exact) mass is 471 g/mol. The van der Waals surface area contributed by atoms with Crippen LogP contribution in [-0.4, -0.2) is 42.4 Å². The molecule has 0 spiro atoms.